The van der Waals surface area contributed by atoms with Crippen LogP contribution in [0.3, 0.4) is 0 Å². The molecule has 60 valence electrons. The Labute approximate surface area is 80.8 Å². The summed E-state index contributed by atoms with van der Waals surface area (Å²) in [5.74, 6) is 0. The van der Waals surface area contributed by atoms with Crippen LogP contribution in [0.25, 0.3) is 0 Å². The van der Waals surface area contributed by atoms with Crippen LogP contribution in [0.1, 0.15) is 13.3 Å². The van der Waals surface area contributed by atoms with Gasteiger partial charge in [-0.2, -0.15) is 0 Å². The first-order valence-electron chi connectivity index (χ1n) is 3.85. The smallest absolute Gasteiger partial charge is 0.400 e. The van der Waals surface area contributed by atoms with Gasteiger partial charge < -0.3 is 4.74 Å². The SMILES string of the molecule is CCCO[CH2][Mg][SiH](C)C.Cl. The molecule has 0 aromatic rings. The van der Waals surface area contributed by atoms with Crippen molar-refractivity contribution in [1.82, 2.24) is 0 Å². The summed E-state index contributed by atoms with van der Waals surface area (Å²) < 4.78 is 6.53. The third-order valence-electron chi connectivity index (χ3n) is 1.19. The van der Waals surface area contributed by atoms with Crippen LogP contribution in [0.15, 0.2) is 0 Å². The van der Waals surface area contributed by atoms with Crippen LogP contribution < -0.4 is 0 Å². The van der Waals surface area contributed by atoms with Gasteiger partial charge in [-0.3, -0.25) is 0 Å². The molecule has 10 heavy (non-hydrogen) atoms. The van der Waals surface area contributed by atoms with Gasteiger partial charge in [-0.1, -0.05) is 31.2 Å². The summed E-state index contributed by atoms with van der Waals surface area (Å²) >= 11 is 0.242. The Morgan fingerprint density at radius 3 is 2.40 bits per heavy atom. The predicted molar refractivity (Wildman–Crippen MR) is 53.0 cm³/mol. The lowest BCUT2D eigenvalue weighted by Crippen LogP contribution is -2.19. The highest BCUT2D eigenvalue weighted by molar-refractivity contribution is 7.11. The highest BCUT2D eigenvalue weighted by atomic mass is 35.5. The van der Waals surface area contributed by atoms with E-state index in [1.54, 1.807) is 0 Å². The molecule has 4 heteroatoms. The topological polar surface area (TPSA) is 9.23 Å². The van der Waals surface area contributed by atoms with Crippen molar-refractivity contribution in [1.29, 1.82) is 0 Å². The molecule has 0 aromatic carbocycles. The normalized spacial score (nSPS) is 8.80. The summed E-state index contributed by atoms with van der Waals surface area (Å²) in [6, 6.07) is 0. The molecule has 1 nitrogen and oxygen atoms in total. The highest BCUT2D eigenvalue weighted by Gasteiger charge is 2.00. The summed E-state index contributed by atoms with van der Waals surface area (Å²) in [6.45, 7) is 7.98. The van der Waals surface area contributed by atoms with Crippen molar-refractivity contribution in [3.8, 4) is 0 Å². The summed E-state index contributed by atoms with van der Waals surface area (Å²) in [7, 11) is 0. The molecule has 0 aromatic heterocycles. The molecular formula is C6H17ClMgOSi. The molecule has 0 rings (SSSR count). The first-order valence-corrected chi connectivity index (χ1v) is 10.4. The molecule has 0 unspecified atom stereocenters. The average molecular weight is 193 g/mol. The first kappa shape index (κ1) is 13.8. The van der Waals surface area contributed by atoms with Gasteiger partial charge in [0, 0.05) is 6.61 Å². The Morgan fingerprint density at radius 2 is 2.00 bits per heavy atom. The Bertz CT molecular complexity index is 63.7. The molecule has 0 aliphatic heterocycles. The molecule has 0 aliphatic rings. The van der Waals surface area contributed by atoms with Gasteiger partial charge in [-0.25, -0.2) is 0 Å². The molecule has 0 spiro atoms. The Hall–Kier alpha value is 1.23. The molecule has 0 radical (unpaired) electrons. The third-order valence-corrected chi connectivity index (χ3v) is 7.04. The molecule has 0 N–H and O–H groups in total. The fraction of sp³-hybridized carbons (Fsp3) is 1.00. The summed E-state index contributed by atoms with van der Waals surface area (Å²) in [5.41, 5.74) is 0. The van der Waals surface area contributed by atoms with Gasteiger partial charge >= 0.3 is 19.6 Å². The highest BCUT2D eigenvalue weighted by Crippen LogP contribution is 1.81. The van der Waals surface area contributed by atoms with Crippen LogP contribution in [0.2, 0.25) is 13.1 Å². The van der Waals surface area contributed by atoms with Crippen molar-refractivity contribution in [2.24, 2.45) is 0 Å². The van der Waals surface area contributed by atoms with Gasteiger partial charge in [0.2, 0.25) is 0 Å². The molecule has 0 atom stereocenters. The zero-order chi connectivity index (χ0) is 7.11. The molecule has 0 amide bonds. The third kappa shape index (κ3) is 12.0. The number of ether oxygens (including phenoxy) is 1. The van der Waals surface area contributed by atoms with E-state index < -0.39 is 0 Å². The van der Waals surface area contributed by atoms with E-state index >= 15 is 0 Å². The first-order chi connectivity index (χ1) is 4.27. The molecule has 0 fully saturated rings. The van der Waals surface area contributed by atoms with Crippen LogP contribution in [-0.2, 0) is 4.74 Å². The van der Waals surface area contributed by atoms with Crippen LogP contribution in [0.5, 0.6) is 0 Å². The van der Waals surface area contributed by atoms with E-state index in [9.17, 15) is 0 Å². The predicted octanol–water partition coefficient (Wildman–Crippen LogP) is 1.48. The standard InChI is InChI=1S/C4H9O.C2H7Si.ClH.Mg/c1-3-4-5-2;1-3-2;;/h2-4H2,1H3;3H,1-2H3;1H;. The Morgan fingerprint density at radius 1 is 1.40 bits per heavy atom. The lowest BCUT2D eigenvalue weighted by Gasteiger charge is -2.00. The lowest BCUT2D eigenvalue weighted by atomic mass is 10.5. The van der Waals surface area contributed by atoms with Crippen LogP contribution >= 0.6 is 12.4 Å². The summed E-state index contributed by atoms with van der Waals surface area (Å²) in [6.07, 6.45) is 0.975. The van der Waals surface area contributed by atoms with E-state index in [2.05, 4.69) is 20.0 Å². The minimum Gasteiger partial charge on any atom is -0.410 e. The monoisotopic (exact) mass is 192 g/mol. The van der Waals surface area contributed by atoms with Crippen molar-refractivity contribution < 1.29 is 4.74 Å². The Balaban J connectivity index is 0. The average Bonchev–Trinajstić information content (AvgIpc) is 1.80. The van der Waals surface area contributed by atoms with Gasteiger partial charge in [0.25, 0.3) is 0 Å². The number of hydrogen-bond acceptors (Lipinski definition) is 1. The van der Waals surface area contributed by atoms with Crippen LogP contribution in [0, 0.1) is 0 Å². The molecular weight excluding hydrogens is 176 g/mol. The second kappa shape index (κ2) is 10.2. The Kier molecular flexibility index (Phi) is 14.1. The second-order valence-corrected chi connectivity index (χ2v) is 13.2. The lowest BCUT2D eigenvalue weighted by molar-refractivity contribution is 0.178. The maximum atomic E-state index is 5.39. The van der Waals surface area contributed by atoms with Crippen molar-refractivity contribution in [3.05, 3.63) is 0 Å². The van der Waals surface area contributed by atoms with Crippen molar-refractivity contribution >= 4 is 38.4 Å². The minimum absolute atomic E-state index is 0. The van der Waals surface area contributed by atoms with E-state index in [1.165, 1.54) is 6.42 Å². The fourth-order valence-corrected chi connectivity index (χ4v) is 3.32. The zero-order valence-corrected chi connectivity index (χ0v) is 10.6. The van der Waals surface area contributed by atoms with Crippen LogP contribution in [0.4, 0.5) is 0 Å². The summed E-state index contributed by atoms with van der Waals surface area (Å²) in [4.78, 5) is 0. The minimum atomic E-state index is -0.199. The maximum absolute atomic E-state index is 5.39. The van der Waals surface area contributed by atoms with Gasteiger partial charge in [0.1, 0.15) is 0 Å². The van der Waals surface area contributed by atoms with E-state index in [0.717, 1.165) is 11.3 Å². The van der Waals surface area contributed by atoms with Crippen molar-refractivity contribution in [3.63, 3.8) is 0 Å². The van der Waals surface area contributed by atoms with E-state index in [-0.39, 0.29) is 38.4 Å². The molecule has 0 heterocycles. The number of hydrogen-bond donors (Lipinski definition) is 0. The largest absolute Gasteiger partial charge is 0.410 e. The second-order valence-electron chi connectivity index (χ2n) is 2.79. The number of halogens is 1. The van der Waals surface area contributed by atoms with Gasteiger partial charge in [-0.05, 0) is 6.42 Å². The zero-order valence-electron chi connectivity index (χ0n) is 7.22. The molecule has 0 bridgehead atoms. The van der Waals surface area contributed by atoms with Gasteiger partial charge in [0.15, 0.2) is 0 Å². The molecule has 0 saturated heterocycles. The molecule has 0 saturated carbocycles. The van der Waals surface area contributed by atoms with Crippen LogP contribution in [-0.4, -0.2) is 37.4 Å². The molecule has 0 aliphatic carbocycles. The fourth-order valence-electron chi connectivity index (χ4n) is 0.565. The number of rotatable bonds is 5. The van der Waals surface area contributed by atoms with Gasteiger partial charge in [-0.15, -0.1) is 12.4 Å². The van der Waals surface area contributed by atoms with Crippen molar-refractivity contribution in [2.45, 2.75) is 26.4 Å². The maximum Gasteiger partial charge on any atom is 0.400 e. The summed E-state index contributed by atoms with van der Waals surface area (Å²) in [5, 5.41) is 0. The van der Waals surface area contributed by atoms with E-state index in [0.29, 0.717) is 0 Å². The van der Waals surface area contributed by atoms with Crippen molar-refractivity contribution in [2.75, 3.05) is 11.3 Å². The quantitative estimate of drug-likeness (QED) is 0.474. The van der Waals surface area contributed by atoms with E-state index in [1.807, 2.05) is 0 Å². The van der Waals surface area contributed by atoms with E-state index in [4.69, 9.17) is 4.74 Å². The van der Waals surface area contributed by atoms with Gasteiger partial charge in [0.05, 0.1) is 0 Å².